The van der Waals surface area contributed by atoms with E-state index in [-0.39, 0.29) is 18.3 Å². The molecule has 0 bridgehead atoms. The normalized spacial score (nSPS) is 16.3. The summed E-state index contributed by atoms with van der Waals surface area (Å²) in [5, 5.41) is 0. The summed E-state index contributed by atoms with van der Waals surface area (Å²) in [7, 11) is 0. The molecule has 0 spiro atoms. The number of rotatable bonds is 4. The predicted octanol–water partition coefficient (Wildman–Crippen LogP) is 1.20. The molecule has 1 aliphatic rings. The highest BCUT2D eigenvalue weighted by molar-refractivity contribution is 5.79. The third-order valence-electron chi connectivity index (χ3n) is 1.86. The van der Waals surface area contributed by atoms with Crippen LogP contribution in [0.4, 0.5) is 0 Å². The first kappa shape index (κ1) is 10.5. The van der Waals surface area contributed by atoms with Gasteiger partial charge in [0.25, 0.3) is 0 Å². The van der Waals surface area contributed by atoms with Gasteiger partial charge in [-0.25, -0.2) is 0 Å². The van der Waals surface area contributed by atoms with Crippen LogP contribution in [0.3, 0.4) is 0 Å². The van der Waals surface area contributed by atoms with E-state index in [9.17, 15) is 9.59 Å². The maximum absolute atomic E-state index is 11.1. The van der Waals surface area contributed by atoms with Crippen LogP contribution in [0.5, 0.6) is 0 Å². The van der Waals surface area contributed by atoms with Crippen LogP contribution in [0.2, 0.25) is 0 Å². The maximum Gasteiger partial charge on any atom is 0.314 e. The Morgan fingerprint density at radius 1 is 1.64 bits per heavy atom. The first-order valence-electron chi connectivity index (χ1n) is 4.50. The van der Waals surface area contributed by atoms with Gasteiger partial charge in [0, 0.05) is 19.2 Å². The van der Waals surface area contributed by atoms with Crippen molar-refractivity contribution in [2.45, 2.75) is 19.3 Å². The average molecular weight is 195 g/mol. The second-order valence-electron chi connectivity index (χ2n) is 2.96. The molecular formula is C10H13NO3. The summed E-state index contributed by atoms with van der Waals surface area (Å²) in [6.45, 7) is 4.11. The van der Waals surface area contributed by atoms with E-state index in [1.807, 2.05) is 0 Å². The van der Waals surface area contributed by atoms with Crippen LogP contribution in [0, 0.1) is 0 Å². The van der Waals surface area contributed by atoms with E-state index in [0.29, 0.717) is 13.0 Å². The molecule has 0 aromatic carbocycles. The average Bonchev–Trinajstić information content (AvgIpc) is 2.52. The highest BCUT2D eigenvalue weighted by atomic mass is 16.5. The molecule has 76 valence electrons. The number of hydrogen-bond donors (Lipinski definition) is 0. The molecule has 0 aromatic heterocycles. The molecule has 1 heterocycles. The summed E-state index contributed by atoms with van der Waals surface area (Å²) in [5.74, 6) is -0.302. The molecule has 0 saturated carbocycles. The second kappa shape index (κ2) is 5.21. The van der Waals surface area contributed by atoms with E-state index >= 15 is 0 Å². The van der Waals surface area contributed by atoms with Gasteiger partial charge in [-0.1, -0.05) is 6.08 Å². The Morgan fingerprint density at radius 2 is 2.43 bits per heavy atom. The minimum Gasteiger partial charge on any atom is -0.433 e. The monoisotopic (exact) mass is 195 g/mol. The van der Waals surface area contributed by atoms with E-state index in [1.165, 1.54) is 18.5 Å². The van der Waals surface area contributed by atoms with Crippen LogP contribution in [0.25, 0.3) is 0 Å². The van der Waals surface area contributed by atoms with E-state index in [4.69, 9.17) is 4.74 Å². The Balaban J connectivity index is 2.29. The minimum atomic E-state index is -0.372. The van der Waals surface area contributed by atoms with Crippen molar-refractivity contribution in [2.24, 2.45) is 0 Å². The Bertz CT molecular complexity index is 271. The zero-order valence-corrected chi connectivity index (χ0v) is 7.94. The molecule has 0 unspecified atom stereocenters. The molecule has 1 saturated heterocycles. The number of likely N-dealkylation sites (tertiary alicyclic amines) is 1. The van der Waals surface area contributed by atoms with Crippen molar-refractivity contribution < 1.29 is 14.3 Å². The van der Waals surface area contributed by atoms with Gasteiger partial charge in [-0.15, -0.1) is 6.58 Å². The van der Waals surface area contributed by atoms with Crippen molar-refractivity contribution in [1.82, 2.24) is 4.90 Å². The molecule has 0 aromatic rings. The minimum absolute atomic E-state index is 0.0704. The van der Waals surface area contributed by atoms with Gasteiger partial charge in [-0.2, -0.15) is 0 Å². The van der Waals surface area contributed by atoms with Crippen LogP contribution < -0.4 is 0 Å². The van der Waals surface area contributed by atoms with Crippen LogP contribution in [-0.4, -0.2) is 23.3 Å². The molecule has 4 nitrogen and oxygen atoms in total. The molecular weight excluding hydrogens is 182 g/mol. The quantitative estimate of drug-likeness (QED) is 0.384. The van der Waals surface area contributed by atoms with E-state index in [2.05, 4.69) is 6.58 Å². The Hall–Kier alpha value is -1.58. The van der Waals surface area contributed by atoms with E-state index < -0.39 is 0 Å². The third-order valence-corrected chi connectivity index (χ3v) is 1.86. The SMILES string of the molecule is C=CCC(=O)OC=CN1CCCC1=O. The maximum atomic E-state index is 11.1. The zero-order valence-electron chi connectivity index (χ0n) is 7.94. The predicted molar refractivity (Wildman–Crippen MR) is 51.0 cm³/mol. The van der Waals surface area contributed by atoms with Gasteiger partial charge in [0.15, 0.2) is 0 Å². The van der Waals surface area contributed by atoms with Gasteiger partial charge >= 0.3 is 5.97 Å². The lowest BCUT2D eigenvalue weighted by molar-refractivity contribution is -0.137. The van der Waals surface area contributed by atoms with Crippen molar-refractivity contribution in [3.8, 4) is 0 Å². The van der Waals surface area contributed by atoms with Gasteiger partial charge in [-0.05, 0) is 6.42 Å². The number of carbonyl (C=O) groups excluding carboxylic acids is 2. The molecule has 0 N–H and O–H groups in total. The fourth-order valence-electron chi connectivity index (χ4n) is 1.17. The molecule has 4 heteroatoms. The Labute approximate surface area is 82.8 Å². The molecule has 1 fully saturated rings. The lowest BCUT2D eigenvalue weighted by atomic mass is 10.4. The van der Waals surface area contributed by atoms with Gasteiger partial charge < -0.3 is 9.64 Å². The smallest absolute Gasteiger partial charge is 0.314 e. The molecule has 0 atom stereocenters. The molecule has 0 radical (unpaired) electrons. The van der Waals surface area contributed by atoms with Crippen LogP contribution in [0.1, 0.15) is 19.3 Å². The number of carbonyl (C=O) groups is 2. The van der Waals surface area contributed by atoms with Crippen LogP contribution in [-0.2, 0) is 14.3 Å². The standard InChI is InChI=1S/C10H13NO3/c1-2-4-10(13)14-8-7-11-6-3-5-9(11)12/h2,7-8H,1,3-6H2. The second-order valence-corrected chi connectivity index (χ2v) is 2.96. The summed E-state index contributed by atoms with van der Waals surface area (Å²) in [4.78, 5) is 23.5. The first-order valence-corrected chi connectivity index (χ1v) is 4.50. The number of esters is 1. The van der Waals surface area contributed by atoms with Gasteiger partial charge in [0.2, 0.25) is 5.91 Å². The topological polar surface area (TPSA) is 46.6 Å². The van der Waals surface area contributed by atoms with Crippen molar-refractivity contribution in [2.75, 3.05) is 6.54 Å². The van der Waals surface area contributed by atoms with Crippen molar-refractivity contribution in [3.63, 3.8) is 0 Å². The van der Waals surface area contributed by atoms with Gasteiger partial charge in [0.1, 0.15) is 6.26 Å². The lowest BCUT2D eigenvalue weighted by Crippen LogP contribution is -2.17. The lowest BCUT2D eigenvalue weighted by Gasteiger charge is -2.07. The summed E-state index contributed by atoms with van der Waals surface area (Å²) < 4.78 is 4.71. The molecule has 1 amide bonds. The Morgan fingerprint density at radius 3 is 3.00 bits per heavy atom. The molecule has 1 rings (SSSR count). The number of nitrogens with zero attached hydrogens (tertiary/aromatic N) is 1. The van der Waals surface area contributed by atoms with Crippen molar-refractivity contribution in [3.05, 3.63) is 25.1 Å². The number of ether oxygens (including phenoxy) is 1. The molecule has 1 aliphatic heterocycles. The zero-order chi connectivity index (χ0) is 10.4. The highest BCUT2D eigenvalue weighted by Crippen LogP contribution is 2.09. The van der Waals surface area contributed by atoms with Crippen LogP contribution >= 0.6 is 0 Å². The van der Waals surface area contributed by atoms with E-state index in [1.54, 1.807) is 4.90 Å². The summed E-state index contributed by atoms with van der Waals surface area (Å²) in [6.07, 6.45) is 5.83. The summed E-state index contributed by atoms with van der Waals surface area (Å²) in [5.41, 5.74) is 0. The molecule has 14 heavy (non-hydrogen) atoms. The fourth-order valence-corrected chi connectivity index (χ4v) is 1.17. The third kappa shape index (κ3) is 3.05. The summed E-state index contributed by atoms with van der Waals surface area (Å²) >= 11 is 0. The first-order chi connectivity index (χ1) is 6.74. The Kier molecular flexibility index (Phi) is 3.91. The highest BCUT2D eigenvalue weighted by Gasteiger charge is 2.17. The van der Waals surface area contributed by atoms with Crippen molar-refractivity contribution in [1.29, 1.82) is 0 Å². The van der Waals surface area contributed by atoms with Crippen LogP contribution in [0.15, 0.2) is 25.1 Å². The van der Waals surface area contributed by atoms with E-state index in [0.717, 1.165) is 6.42 Å². The number of hydrogen-bond acceptors (Lipinski definition) is 3. The van der Waals surface area contributed by atoms with Gasteiger partial charge in [-0.3, -0.25) is 9.59 Å². The van der Waals surface area contributed by atoms with Gasteiger partial charge in [0.05, 0.1) is 6.42 Å². The molecule has 0 aliphatic carbocycles. The van der Waals surface area contributed by atoms with Crippen molar-refractivity contribution >= 4 is 11.9 Å². The largest absolute Gasteiger partial charge is 0.433 e. The fraction of sp³-hybridized carbons (Fsp3) is 0.400. The summed E-state index contributed by atoms with van der Waals surface area (Å²) in [6, 6.07) is 0. The number of amides is 1.